The summed E-state index contributed by atoms with van der Waals surface area (Å²) in [5.74, 6) is -0.973. The van der Waals surface area contributed by atoms with Gasteiger partial charge in [-0.15, -0.1) is 0 Å². The molecular formula is C21H24FNO3. The average molecular weight is 357 g/mol. The standard InChI is InChI=1S/C21H24FNO3/c1-13-7-8-14-11-17(13)21(25)23(20(14)24)19-12-16(9-10-18(19)22)26-15-5-3-2-4-6-15/h9-13,15,17H,2-8H2,1H3. The van der Waals surface area contributed by atoms with Crippen molar-refractivity contribution in [2.45, 2.75) is 58.0 Å². The van der Waals surface area contributed by atoms with Crippen molar-refractivity contribution >= 4 is 17.5 Å². The number of imide groups is 1. The number of anilines is 1. The van der Waals surface area contributed by atoms with Crippen LogP contribution in [0.15, 0.2) is 29.8 Å². The van der Waals surface area contributed by atoms with E-state index in [1.807, 2.05) is 6.92 Å². The van der Waals surface area contributed by atoms with Crippen LogP contribution in [0.5, 0.6) is 5.75 Å². The van der Waals surface area contributed by atoms with E-state index < -0.39 is 11.7 Å². The van der Waals surface area contributed by atoms with Gasteiger partial charge in [0.2, 0.25) is 5.91 Å². The Morgan fingerprint density at radius 2 is 1.88 bits per heavy atom. The molecule has 2 amide bonds. The number of carbonyl (C=O) groups is 2. The fraction of sp³-hybridized carbons (Fsp3) is 0.524. The highest BCUT2D eigenvalue weighted by molar-refractivity contribution is 6.24. The smallest absolute Gasteiger partial charge is 0.260 e. The molecule has 1 aliphatic heterocycles. The van der Waals surface area contributed by atoms with Gasteiger partial charge in [0, 0.05) is 11.6 Å². The molecule has 138 valence electrons. The van der Waals surface area contributed by atoms with Crippen molar-refractivity contribution in [3.8, 4) is 5.75 Å². The van der Waals surface area contributed by atoms with Gasteiger partial charge in [-0.3, -0.25) is 9.59 Å². The molecule has 1 aromatic carbocycles. The van der Waals surface area contributed by atoms with Gasteiger partial charge in [-0.05, 0) is 56.6 Å². The Labute approximate surface area is 153 Å². The maximum absolute atomic E-state index is 14.5. The van der Waals surface area contributed by atoms with Crippen LogP contribution < -0.4 is 9.64 Å². The van der Waals surface area contributed by atoms with Gasteiger partial charge in [-0.25, -0.2) is 9.29 Å². The Kier molecular flexibility index (Phi) is 4.55. The van der Waals surface area contributed by atoms with Crippen molar-refractivity contribution in [1.82, 2.24) is 0 Å². The minimum atomic E-state index is -0.573. The van der Waals surface area contributed by atoms with E-state index in [4.69, 9.17) is 4.74 Å². The monoisotopic (exact) mass is 357 g/mol. The van der Waals surface area contributed by atoms with Crippen molar-refractivity contribution in [2.75, 3.05) is 4.90 Å². The maximum atomic E-state index is 14.5. The Morgan fingerprint density at radius 3 is 2.65 bits per heavy atom. The number of hydrogen-bond acceptors (Lipinski definition) is 3. The van der Waals surface area contributed by atoms with E-state index in [1.165, 1.54) is 18.6 Å². The number of halogens is 1. The number of ether oxygens (including phenoxy) is 1. The zero-order chi connectivity index (χ0) is 18.3. The molecule has 4 rings (SSSR count). The van der Waals surface area contributed by atoms with Gasteiger partial charge in [-0.1, -0.05) is 19.4 Å². The normalized spacial score (nSPS) is 26.7. The highest BCUT2D eigenvalue weighted by Gasteiger charge is 2.42. The second-order valence-corrected chi connectivity index (χ2v) is 7.70. The molecule has 26 heavy (non-hydrogen) atoms. The maximum Gasteiger partial charge on any atom is 0.260 e. The predicted octanol–water partition coefficient (Wildman–Crippen LogP) is 4.38. The highest BCUT2D eigenvalue weighted by Crippen LogP contribution is 2.38. The summed E-state index contributed by atoms with van der Waals surface area (Å²) in [6.07, 6.45) is 8.81. The first-order valence-electron chi connectivity index (χ1n) is 9.60. The number of fused-ring (bicyclic) bond motifs is 1. The van der Waals surface area contributed by atoms with E-state index >= 15 is 0 Å². The number of carbonyl (C=O) groups excluding carboxylic acids is 2. The van der Waals surface area contributed by atoms with Crippen LogP contribution in [0.1, 0.15) is 51.9 Å². The Morgan fingerprint density at radius 1 is 1.12 bits per heavy atom. The minimum absolute atomic E-state index is 0.0120. The zero-order valence-electron chi connectivity index (χ0n) is 15.0. The molecule has 0 saturated heterocycles. The summed E-state index contributed by atoms with van der Waals surface area (Å²) in [5.41, 5.74) is 0.628. The second kappa shape index (κ2) is 6.86. The van der Waals surface area contributed by atoms with E-state index in [0.29, 0.717) is 17.7 Å². The molecule has 5 heteroatoms. The van der Waals surface area contributed by atoms with E-state index in [1.54, 1.807) is 12.1 Å². The third-order valence-electron chi connectivity index (χ3n) is 5.86. The molecule has 0 radical (unpaired) electrons. The summed E-state index contributed by atoms with van der Waals surface area (Å²) in [6, 6.07) is 4.37. The van der Waals surface area contributed by atoms with Crippen LogP contribution in [0.2, 0.25) is 0 Å². The van der Waals surface area contributed by atoms with Gasteiger partial charge in [0.25, 0.3) is 5.91 Å². The quantitative estimate of drug-likeness (QED) is 0.754. The average Bonchev–Trinajstić information content (AvgIpc) is 2.65. The molecular weight excluding hydrogens is 333 g/mol. The van der Waals surface area contributed by atoms with Gasteiger partial charge in [-0.2, -0.15) is 0 Å². The molecule has 2 aliphatic carbocycles. The van der Waals surface area contributed by atoms with Crippen molar-refractivity contribution in [3.63, 3.8) is 0 Å². The number of rotatable bonds is 3. The zero-order valence-corrected chi connectivity index (χ0v) is 15.0. The summed E-state index contributed by atoms with van der Waals surface area (Å²) in [7, 11) is 0. The van der Waals surface area contributed by atoms with Crippen LogP contribution in [0, 0.1) is 17.7 Å². The molecule has 1 heterocycles. The summed E-state index contributed by atoms with van der Waals surface area (Å²) in [6.45, 7) is 2.00. The van der Waals surface area contributed by atoms with Crippen molar-refractivity contribution in [1.29, 1.82) is 0 Å². The number of amides is 2. The Hall–Kier alpha value is -2.17. The molecule has 0 spiro atoms. The fourth-order valence-electron chi connectivity index (χ4n) is 4.25. The first-order chi connectivity index (χ1) is 12.5. The van der Waals surface area contributed by atoms with Crippen molar-refractivity contribution < 1.29 is 18.7 Å². The predicted molar refractivity (Wildman–Crippen MR) is 96.4 cm³/mol. The summed E-state index contributed by atoms with van der Waals surface area (Å²) >= 11 is 0. The Balaban J connectivity index is 1.64. The first-order valence-corrected chi connectivity index (χ1v) is 9.60. The lowest BCUT2D eigenvalue weighted by Crippen LogP contribution is -2.48. The fourth-order valence-corrected chi connectivity index (χ4v) is 4.25. The Bertz CT molecular complexity index is 767. The van der Waals surface area contributed by atoms with E-state index in [9.17, 15) is 14.0 Å². The summed E-state index contributed by atoms with van der Waals surface area (Å²) in [4.78, 5) is 26.6. The molecule has 1 aromatic rings. The van der Waals surface area contributed by atoms with Crippen LogP contribution in [-0.4, -0.2) is 17.9 Å². The van der Waals surface area contributed by atoms with Crippen LogP contribution in [0.4, 0.5) is 10.1 Å². The lowest BCUT2D eigenvalue weighted by molar-refractivity contribution is -0.129. The van der Waals surface area contributed by atoms with Crippen LogP contribution in [0.25, 0.3) is 0 Å². The van der Waals surface area contributed by atoms with Gasteiger partial charge >= 0.3 is 0 Å². The molecule has 4 nitrogen and oxygen atoms in total. The number of hydrogen-bond donors (Lipinski definition) is 0. The molecule has 0 N–H and O–H groups in total. The SMILES string of the molecule is CC1CCC2=CC1C(=O)N(c1cc(OC3CCCCC3)ccc1F)C2=O. The molecule has 2 atom stereocenters. The second-order valence-electron chi connectivity index (χ2n) is 7.70. The topological polar surface area (TPSA) is 46.6 Å². The van der Waals surface area contributed by atoms with Gasteiger partial charge in [0.1, 0.15) is 11.6 Å². The molecule has 1 fully saturated rings. The summed E-state index contributed by atoms with van der Waals surface area (Å²) in [5, 5.41) is 0. The van der Waals surface area contributed by atoms with Crippen LogP contribution >= 0.6 is 0 Å². The largest absolute Gasteiger partial charge is 0.490 e. The van der Waals surface area contributed by atoms with E-state index in [0.717, 1.165) is 37.0 Å². The third-order valence-corrected chi connectivity index (χ3v) is 5.86. The van der Waals surface area contributed by atoms with Crippen molar-refractivity contribution in [2.24, 2.45) is 11.8 Å². The lowest BCUT2D eigenvalue weighted by Gasteiger charge is -2.36. The number of nitrogens with zero attached hydrogens (tertiary/aromatic N) is 1. The minimum Gasteiger partial charge on any atom is -0.490 e. The first kappa shape index (κ1) is 17.3. The van der Waals surface area contributed by atoms with Crippen molar-refractivity contribution in [3.05, 3.63) is 35.7 Å². The van der Waals surface area contributed by atoms with E-state index in [2.05, 4.69) is 0 Å². The van der Waals surface area contributed by atoms with Gasteiger partial charge in [0.15, 0.2) is 0 Å². The number of benzene rings is 1. The molecule has 0 aromatic heterocycles. The van der Waals surface area contributed by atoms with Gasteiger partial charge < -0.3 is 4.74 Å². The molecule has 2 bridgehead atoms. The van der Waals surface area contributed by atoms with Crippen LogP contribution in [0.3, 0.4) is 0 Å². The molecule has 2 unspecified atom stereocenters. The molecule has 3 aliphatic rings. The van der Waals surface area contributed by atoms with Crippen LogP contribution in [-0.2, 0) is 9.59 Å². The van der Waals surface area contributed by atoms with E-state index in [-0.39, 0.29) is 29.5 Å². The molecule has 1 saturated carbocycles. The highest BCUT2D eigenvalue weighted by atomic mass is 19.1. The summed E-state index contributed by atoms with van der Waals surface area (Å²) < 4.78 is 20.5. The van der Waals surface area contributed by atoms with Gasteiger partial charge in [0.05, 0.1) is 17.7 Å². The third kappa shape index (κ3) is 3.04. The lowest BCUT2D eigenvalue weighted by atomic mass is 9.78.